The van der Waals surface area contributed by atoms with Gasteiger partial charge in [0, 0.05) is 37.0 Å². The van der Waals surface area contributed by atoms with Gasteiger partial charge in [0.2, 0.25) is 5.91 Å². The number of pyridine rings is 1. The first kappa shape index (κ1) is 15.7. The molecule has 2 aromatic heterocycles. The number of fused-ring (bicyclic) bond motifs is 2. The topological polar surface area (TPSA) is 58.9 Å². The van der Waals surface area contributed by atoms with Crippen LogP contribution >= 0.6 is 0 Å². The number of amides is 1. The van der Waals surface area contributed by atoms with Crippen LogP contribution in [0.15, 0.2) is 54.9 Å². The lowest BCUT2D eigenvalue weighted by atomic mass is 10.2. The Kier molecular flexibility index (Phi) is 4.35. The van der Waals surface area contributed by atoms with Crippen LogP contribution in [-0.4, -0.2) is 40.1 Å². The number of benzene rings is 1. The Morgan fingerprint density at radius 2 is 2.08 bits per heavy atom. The van der Waals surface area contributed by atoms with E-state index >= 15 is 0 Å². The van der Waals surface area contributed by atoms with Crippen LogP contribution in [0.5, 0.6) is 5.75 Å². The molecule has 0 aliphatic carbocycles. The molecule has 1 N–H and O–H groups in total. The summed E-state index contributed by atoms with van der Waals surface area (Å²) in [7, 11) is 0. The Balaban J connectivity index is 1.36. The maximum atomic E-state index is 12.3. The average molecular weight is 336 g/mol. The first-order valence-corrected chi connectivity index (χ1v) is 8.40. The standard InChI is InChI=1S/C19H20N4O2/c24-19(20-11-16-12-21-23-8-4-3-6-17(16)23)14-22-9-10-25-18-7-2-1-5-15(18)13-22/h1-8,12H,9-11,13-14H2,(H,20,24). The summed E-state index contributed by atoms with van der Waals surface area (Å²) in [5.74, 6) is 0.923. The number of para-hydroxylation sites is 1. The highest BCUT2D eigenvalue weighted by Gasteiger charge is 2.17. The number of carbonyl (C=O) groups excluding carboxylic acids is 1. The zero-order valence-corrected chi connectivity index (χ0v) is 13.9. The van der Waals surface area contributed by atoms with Crippen LogP contribution in [0.2, 0.25) is 0 Å². The predicted octanol–water partition coefficient (Wildman–Crippen LogP) is 1.85. The van der Waals surface area contributed by atoms with Gasteiger partial charge in [0.15, 0.2) is 0 Å². The molecule has 0 fully saturated rings. The summed E-state index contributed by atoms with van der Waals surface area (Å²) in [5, 5.41) is 7.28. The van der Waals surface area contributed by atoms with Crippen molar-refractivity contribution in [1.82, 2.24) is 19.8 Å². The van der Waals surface area contributed by atoms with E-state index in [1.165, 1.54) is 0 Å². The minimum atomic E-state index is 0.00895. The first-order valence-electron chi connectivity index (χ1n) is 8.40. The summed E-state index contributed by atoms with van der Waals surface area (Å²) in [5.41, 5.74) is 3.15. The van der Waals surface area contributed by atoms with Gasteiger partial charge in [-0.1, -0.05) is 24.3 Å². The van der Waals surface area contributed by atoms with Crippen LogP contribution in [0.1, 0.15) is 11.1 Å². The van der Waals surface area contributed by atoms with Crippen molar-refractivity contribution in [1.29, 1.82) is 0 Å². The van der Waals surface area contributed by atoms with Crippen molar-refractivity contribution < 1.29 is 9.53 Å². The molecule has 1 aliphatic rings. The Morgan fingerprint density at radius 1 is 1.20 bits per heavy atom. The molecule has 0 spiro atoms. The Bertz CT molecular complexity index is 890. The van der Waals surface area contributed by atoms with Gasteiger partial charge in [-0.15, -0.1) is 0 Å². The van der Waals surface area contributed by atoms with Crippen molar-refractivity contribution in [2.45, 2.75) is 13.1 Å². The van der Waals surface area contributed by atoms with E-state index in [1.807, 2.05) is 53.2 Å². The van der Waals surface area contributed by atoms with E-state index in [0.717, 1.165) is 35.5 Å². The van der Waals surface area contributed by atoms with Crippen LogP contribution in [0, 0.1) is 0 Å². The number of rotatable bonds is 4. The van der Waals surface area contributed by atoms with Gasteiger partial charge in [0.1, 0.15) is 12.4 Å². The molecule has 6 nitrogen and oxygen atoms in total. The molecule has 4 rings (SSSR count). The first-order chi connectivity index (χ1) is 12.3. The molecule has 6 heteroatoms. The van der Waals surface area contributed by atoms with E-state index in [9.17, 15) is 4.79 Å². The maximum absolute atomic E-state index is 12.3. The van der Waals surface area contributed by atoms with E-state index in [4.69, 9.17) is 4.74 Å². The average Bonchev–Trinajstić information content (AvgIpc) is 2.93. The second kappa shape index (κ2) is 6.94. The lowest BCUT2D eigenvalue weighted by Gasteiger charge is -2.18. The van der Waals surface area contributed by atoms with Crippen LogP contribution in [0.4, 0.5) is 0 Å². The van der Waals surface area contributed by atoms with E-state index in [1.54, 1.807) is 6.20 Å². The van der Waals surface area contributed by atoms with Crippen molar-refractivity contribution >= 4 is 11.4 Å². The Hall–Kier alpha value is -2.86. The number of carbonyl (C=O) groups is 1. The van der Waals surface area contributed by atoms with Crippen LogP contribution in [0.25, 0.3) is 5.52 Å². The molecule has 1 amide bonds. The number of aromatic nitrogens is 2. The fourth-order valence-electron chi connectivity index (χ4n) is 3.09. The van der Waals surface area contributed by atoms with Crippen molar-refractivity contribution in [3.63, 3.8) is 0 Å². The third-order valence-corrected chi connectivity index (χ3v) is 4.38. The summed E-state index contributed by atoms with van der Waals surface area (Å²) in [6, 6.07) is 13.9. The summed E-state index contributed by atoms with van der Waals surface area (Å²) >= 11 is 0. The highest BCUT2D eigenvalue weighted by atomic mass is 16.5. The number of ether oxygens (including phenoxy) is 1. The normalized spacial score (nSPS) is 14.6. The molecular weight excluding hydrogens is 316 g/mol. The molecular formula is C19H20N4O2. The molecule has 1 aliphatic heterocycles. The molecule has 1 aromatic carbocycles. The minimum Gasteiger partial charge on any atom is -0.492 e. The second-order valence-electron chi connectivity index (χ2n) is 6.14. The monoisotopic (exact) mass is 336 g/mol. The van der Waals surface area contributed by atoms with E-state index < -0.39 is 0 Å². The van der Waals surface area contributed by atoms with Crippen molar-refractivity contribution in [2.75, 3.05) is 19.7 Å². The van der Waals surface area contributed by atoms with Crippen LogP contribution in [0.3, 0.4) is 0 Å². The Labute approximate surface area is 146 Å². The van der Waals surface area contributed by atoms with E-state index in [0.29, 0.717) is 19.7 Å². The summed E-state index contributed by atoms with van der Waals surface area (Å²) < 4.78 is 7.55. The third-order valence-electron chi connectivity index (χ3n) is 4.38. The lowest BCUT2D eigenvalue weighted by molar-refractivity contribution is -0.122. The maximum Gasteiger partial charge on any atom is 0.234 e. The highest BCUT2D eigenvalue weighted by molar-refractivity contribution is 5.78. The highest BCUT2D eigenvalue weighted by Crippen LogP contribution is 2.22. The smallest absolute Gasteiger partial charge is 0.234 e. The lowest BCUT2D eigenvalue weighted by Crippen LogP contribution is -2.37. The molecule has 0 radical (unpaired) electrons. The summed E-state index contributed by atoms with van der Waals surface area (Å²) in [6.45, 7) is 2.89. The van der Waals surface area contributed by atoms with Gasteiger partial charge in [-0.05, 0) is 18.2 Å². The molecule has 3 heterocycles. The van der Waals surface area contributed by atoms with Crippen molar-refractivity contribution in [3.05, 3.63) is 66.0 Å². The zero-order valence-electron chi connectivity index (χ0n) is 13.9. The molecule has 25 heavy (non-hydrogen) atoms. The van der Waals surface area contributed by atoms with Crippen molar-refractivity contribution in [2.24, 2.45) is 0 Å². The van der Waals surface area contributed by atoms with Gasteiger partial charge in [-0.3, -0.25) is 9.69 Å². The fourth-order valence-corrected chi connectivity index (χ4v) is 3.09. The Morgan fingerprint density at radius 3 is 3.04 bits per heavy atom. The third kappa shape index (κ3) is 3.49. The van der Waals surface area contributed by atoms with Gasteiger partial charge in [-0.25, -0.2) is 4.52 Å². The van der Waals surface area contributed by atoms with E-state index in [-0.39, 0.29) is 5.91 Å². The van der Waals surface area contributed by atoms with Gasteiger partial charge >= 0.3 is 0 Å². The molecule has 128 valence electrons. The van der Waals surface area contributed by atoms with Gasteiger partial charge < -0.3 is 10.1 Å². The van der Waals surface area contributed by atoms with Crippen LogP contribution in [-0.2, 0) is 17.9 Å². The minimum absolute atomic E-state index is 0.00895. The molecule has 0 bridgehead atoms. The quantitative estimate of drug-likeness (QED) is 0.790. The predicted molar refractivity (Wildman–Crippen MR) is 94.3 cm³/mol. The van der Waals surface area contributed by atoms with Gasteiger partial charge in [-0.2, -0.15) is 5.10 Å². The second-order valence-corrected chi connectivity index (χ2v) is 6.14. The van der Waals surface area contributed by atoms with Crippen LogP contribution < -0.4 is 10.1 Å². The molecule has 0 unspecified atom stereocenters. The number of nitrogens with zero attached hydrogens (tertiary/aromatic N) is 3. The van der Waals surface area contributed by atoms with Crippen molar-refractivity contribution in [3.8, 4) is 5.75 Å². The van der Waals surface area contributed by atoms with Gasteiger partial charge in [0.05, 0.1) is 18.3 Å². The summed E-state index contributed by atoms with van der Waals surface area (Å²) in [4.78, 5) is 14.5. The fraction of sp³-hybridized carbons (Fsp3) is 0.263. The molecule has 0 atom stereocenters. The largest absolute Gasteiger partial charge is 0.492 e. The summed E-state index contributed by atoms with van der Waals surface area (Å²) in [6.07, 6.45) is 3.70. The number of hydrogen-bond donors (Lipinski definition) is 1. The molecule has 0 saturated heterocycles. The SMILES string of the molecule is O=C(CN1CCOc2ccccc2C1)NCc1cnn2ccccc12. The van der Waals surface area contributed by atoms with E-state index in [2.05, 4.69) is 15.3 Å². The molecule has 3 aromatic rings. The molecule has 0 saturated carbocycles. The number of hydrogen-bond acceptors (Lipinski definition) is 4. The number of nitrogens with one attached hydrogen (secondary N) is 1. The van der Waals surface area contributed by atoms with Gasteiger partial charge in [0.25, 0.3) is 0 Å². The zero-order chi connectivity index (χ0) is 17.1.